The summed E-state index contributed by atoms with van der Waals surface area (Å²) < 4.78 is 35.2. The molecule has 0 bridgehead atoms. The maximum atomic E-state index is 13.7. The molecule has 11 atom stereocenters. The molecule has 0 aromatic heterocycles. The van der Waals surface area contributed by atoms with Gasteiger partial charge in [0.1, 0.15) is 60.3 Å². The van der Waals surface area contributed by atoms with Crippen molar-refractivity contribution in [1.82, 2.24) is 0 Å². The summed E-state index contributed by atoms with van der Waals surface area (Å²) in [5.74, 6) is 0.421. The fourth-order valence-corrected chi connectivity index (χ4v) is 6.44. The van der Waals surface area contributed by atoms with Crippen molar-refractivity contribution in [2.24, 2.45) is 0 Å². The van der Waals surface area contributed by atoms with Crippen molar-refractivity contribution in [3.8, 4) is 23.0 Å². The summed E-state index contributed by atoms with van der Waals surface area (Å²) in [6.45, 7) is 7.68. The van der Waals surface area contributed by atoms with Crippen LogP contribution in [0.2, 0.25) is 0 Å². The van der Waals surface area contributed by atoms with Crippen molar-refractivity contribution in [2.75, 3.05) is 40.4 Å². The van der Waals surface area contributed by atoms with Gasteiger partial charge in [-0.05, 0) is 50.1 Å². The van der Waals surface area contributed by atoms with E-state index in [2.05, 4.69) is 20.9 Å². The summed E-state index contributed by atoms with van der Waals surface area (Å²) in [5, 5.41) is 73.1. The number of quaternary nitrogens is 1. The maximum Gasteiger partial charge on any atom is 0.229 e. The van der Waals surface area contributed by atoms with Gasteiger partial charge in [0.25, 0.3) is 0 Å². The number of ether oxygens (including phenoxy) is 6. The summed E-state index contributed by atoms with van der Waals surface area (Å²) in [7, 11) is 3.56. The number of hydrogen-bond donors (Lipinski definition) is 7. The average Bonchev–Trinajstić information content (AvgIpc) is 3.10. The van der Waals surface area contributed by atoms with Gasteiger partial charge in [0.05, 0.1) is 58.5 Å². The largest absolute Gasteiger partial charge is 0.504 e. The van der Waals surface area contributed by atoms with Crippen molar-refractivity contribution in [2.45, 2.75) is 101 Å². The molecule has 2 saturated heterocycles. The Kier molecular flexibility index (Phi) is 11.9. The lowest BCUT2D eigenvalue weighted by Crippen LogP contribution is -2.61. The summed E-state index contributed by atoms with van der Waals surface area (Å²) in [6, 6.07) is 7.95. The first-order valence-corrected chi connectivity index (χ1v) is 16.9. The van der Waals surface area contributed by atoms with Gasteiger partial charge in [-0.25, -0.2) is 0 Å². The average molecular weight is 709 g/mol. The SMILES string of the molecule is CC[N+](C)(CC)CCc1cc(O[C@@H]2O[C@H](CO[C@@H]3O[C@@H](C)[C@H](O)[C@@H](O)[C@H]3O)[C@@H](O)[C@H](O)[C@H]2O)cc2c1C(=O)C[C@@H](c1ccc(OC)c(O)c1)O2. The number of aliphatic hydroxyl groups is 6. The van der Waals surface area contributed by atoms with Crippen molar-refractivity contribution in [3.05, 3.63) is 47.0 Å². The van der Waals surface area contributed by atoms with E-state index < -0.39 is 74.1 Å². The van der Waals surface area contributed by atoms with Crippen molar-refractivity contribution < 1.29 is 73.4 Å². The standard InChI is InChI=1S/C35H49NO14/c1-6-36(4,7-2)11-10-19-12-20(14-25-27(19)22(38)15-24(49-25)18-8-9-23(45-5)21(37)13-18)48-35-33(44)31(42)29(40)26(50-35)16-46-34-32(43)30(41)28(39)17(3)47-34/h8-9,12-14,17,24,26,28-35,39-44H,6-7,10-11,15-16H2,1-5H3/p+1/t17-,24-,26+,28-,29+,30+,31-,32+,33+,34+,35+/m0/s1. The molecular weight excluding hydrogens is 658 g/mol. The second kappa shape index (κ2) is 15.7. The van der Waals surface area contributed by atoms with E-state index in [9.17, 15) is 40.5 Å². The van der Waals surface area contributed by atoms with Gasteiger partial charge in [0, 0.05) is 12.5 Å². The Morgan fingerprint density at radius 1 is 0.880 bits per heavy atom. The van der Waals surface area contributed by atoms with Crippen LogP contribution in [-0.2, 0) is 20.6 Å². The number of carbonyl (C=O) groups excluding carboxylic acids is 1. The highest BCUT2D eigenvalue weighted by Gasteiger charge is 2.47. The third-order valence-corrected chi connectivity index (χ3v) is 10.3. The van der Waals surface area contributed by atoms with E-state index in [-0.39, 0.29) is 35.2 Å². The van der Waals surface area contributed by atoms with Crippen molar-refractivity contribution in [1.29, 1.82) is 0 Å². The van der Waals surface area contributed by atoms with Gasteiger partial charge in [-0.3, -0.25) is 4.79 Å². The second-order valence-corrected chi connectivity index (χ2v) is 13.5. The highest BCUT2D eigenvalue weighted by Crippen LogP contribution is 2.42. The molecule has 0 aliphatic carbocycles. The van der Waals surface area contributed by atoms with Crippen LogP contribution in [0.25, 0.3) is 0 Å². The third-order valence-electron chi connectivity index (χ3n) is 10.3. The molecule has 0 amide bonds. The first-order valence-electron chi connectivity index (χ1n) is 16.9. The summed E-state index contributed by atoms with van der Waals surface area (Å²) in [5.41, 5.74) is 1.63. The minimum Gasteiger partial charge on any atom is -0.504 e. The number of phenolic OH excluding ortho intramolecular Hbond substituents is 1. The summed E-state index contributed by atoms with van der Waals surface area (Å²) >= 11 is 0. The summed E-state index contributed by atoms with van der Waals surface area (Å²) in [4.78, 5) is 13.7. The lowest BCUT2D eigenvalue weighted by Gasteiger charge is -2.42. The third kappa shape index (κ3) is 7.87. The molecule has 3 heterocycles. The van der Waals surface area contributed by atoms with E-state index >= 15 is 0 Å². The molecule has 0 radical (unpaired) electrons. The molecule has 2 aromatic rings. The molecule has 2 fully saturated rings. The Morgan fingerprint density at radius 3 is 2.22 bits per heavy atom. The number of nitrogens with zero attached hydrogens (tertiary/aromatic N) is 1. The number of aliphatic hydroxyl groups excluding tert-OH is 6. The smallest absolute Gasteiger partial charge is 0.229 e. The lowest BCUT2D eigenvalue weighted by atomic mass is 9.91. The Morgan fingerprint density at radius 2 is 1.56 bits per heavy atom. The number of carbonyl (C=O) groups is 1. The van der Waals surface area contributed by atoms with Gasteiger partial charge < -0.3 is 68.6 Å². The van der Waals surface area contributed by atoms with Crippen LogP contribution < -0.4 is 14.2 Å². The molecule has 15 heteroatoms. The maximum absolute atomic E-state index is 13.7. The number of ketones is 1. The number of likely N-dealkylation sites (N-methyl/N-ethyl adjacent to an activating group) is 1. The van der Waals surface area contributed by atoms with Crippen LogP contribution in [0.15, 0.2) is 30.3 Å². The molecule has 5 rings (SSSR count). The van der Waals surface area contributed by atoms with Crippen LogP contribution in [0.1, 0.15) is 54.8 Å². The van der Waals surface area contributed by atoms with Crippen LogP contribution >= 0.6 is 0 Å². The number of aromatic hydroxyl groups is 1. The first-order chi connectivity index (χ1) is 23.7. The zero-order chi connectivity index (χ0) is 36.5. The second-order valence-electron chi connectivity index (χ2n) is 13.5. The summed E-state index contributed by atoms with van der Waals surface area (Å²) in [6.07, 6.45) is -14.8. The van der Waals surface area contributed by atoms with E-state index in [1.807, 2.05) is 0 Å². The highest BCUT2D eigenvalue weighted by molar-refractivity contribution is 6.01. The Balaban J connectivity index is 1.40. The zero-order valence-electron chi connectivity index (χ0n) is 28.9. The zero-order valence-corrected chi connectivity index (χ0v) is 28.9. The normalized spacial score (nSPS) is 33.0. The van der Waals surface area contributed by atoms with Crippen LogP contribution in [-0.4, -0.2) is 148 Å². The molecule has 15 nitrogen and oxygen atoms in total. The predicted molar refractivity (Wildman–Crippen MR) is 175 cm³/mol. The number of rotatable bonds is 12. The molecule has 0 unspecified atom stereocenters. The van der Waals surface area contributed by atoms with E-state index in [4.69, 9.17) is 28.4 Å². The van der Waals surface area contributed by atoms with Gasteiger partial charge in [-0.2, -0.15) is 0 Å². The molecule has 2 aromatic carbocycles. The van der Waals surface area contributed by atoms with E-state index in [0.717, 1.165) is 17.6 Å². The molecule has 50 heavy (non-hydrogen) atoms. The number of methoxy groups -OCH3 is 1. The molecule has 278 valence electrons. The van der Waals surface area contributed by atoms with E-state index in [1.165, 1.54) is 26.2 Å². The monoisotopic (exact) mass is 708 g/mol. The van der Waals surface area contributed by atoms with Crippen LogP contribution in [0, 0.1) is 0 Å². The quantitative estimate of drug-likeness (QED) is 0.147. The molecular formula is C35H50NO14+. The Labute approximate surface area is 290 Å². The predicted octanol–water partition coefficient (Wildman–Crippen LogP) is 0.167. The molecule has 0 saturated carbocycles. The molecule has 3 aliphatic rings. The van der Waals surface area contributed by atoms with Gasteiger partial charge in [-0.1, -0.05) is 6.07 Å². The van der Waals surface area contributed by atoms with Gasteiger partial charge >= 0.3 is 0 Å². The van der Waals surface area contributed by atoms with Crippen LogP contribution in [0.3, 0.4) is 0 Å². The topological polar surface area (TPSA) is 214 Å². The van der Waals surface area contributed by atoms with Crippen molar-refractivity contribution >= 4 is 5.78 Å². The molecule has 7 N–H and O–H groups in total. The number of fused-ring (bicyclic) bond motifs is 1. The molecule has 0 spiro atoms. The Hall–Kier alpha value is -3.09. The number of benzene rings is 2. The van der Waals surface area contributed by atoms with E-state index in [1.54, 1.807) is 18.2 Å². The van der Waals surface area contributed by atoms with Gasteiger partial charge in [0.2, 0.25) is 6.29 Å². The Bertz CT molecular complexity index is 1490. The number of Topliss-reactive ketones (excluding diaryl/α,β-unsaturated/α-hetero) is 1. The fraction of sp³-hybridized carbons (Fsp3) is 0.629. The minimum absolute atomic E-state index is 0.0318. The van der Waals surface area contributed by atoms with E-state index in [0.29, 0.717) is 29.7 Å². The van der Waals surface area contributed by atoms with Gasteiger partial charge in [-0.15, -0.1) is 0 Å². The number of phenols is 1. The minimum atomic E-state index is -1.72. The van der Waals surface area contributed by atoms with Crippen LogP contribution in [0.4, 0.5) is 0 Å². The molecule has 3 aliphatic heterocycles. The number of hydrogen-bond acceptors (Lipinski definition) is 14. The van der Waals surface area contributed by atoms with Gasteiger partial charge in [0.15, 0.2) is 23.6 Å². The van der Waals surface area contributed by atoms with Crippen molar-refractivity contribution in [3.63, 3.8) is 0 Å². The lowest BCUT2D eigenvalue weighted by molar-refractivity contribution is -0.905. The fourth-order valence-electron chi connectivity index (χ4n) is 6.44. The highest BCUT2D eigenvalue weighted by atomic mass is 16.7. The van der Waals surface area contributed by atoms with Crippen LogP contribution in [0.5, 0.6) is 23.0 Å². The first kappa shape index (κ1) is 38.1.